The Morgan fingerprint density at radius 1 is 0.685 bits per heavy atom. The number of aryl methyl sites for hydroxylation is 4. The SMILES string of the molecule is CO[Si](CCCNCCNCCNC(=O)Nc1ccc(C)c(-n2c(=O)n(-c3cc(C)ccc3C)c(=O)n(-c3cc(N=C=O)ccc3C)c2=O)c1)(OC)OC. The number of isocyanates is 1. The zero-order valence-electron chi connectivity index (χ0n) is 31.7. The number of nitrogens with zero attached hydrogens (tertiary/aromatic N) is 4. The summed E-state index contributed by atoms with van der Waals surface area (Å²) in [6, 6.07) is 14.9. The first-order chi connectivity index (χ1) is 25.9. The lowest BCUT2D eigenvalue weighted by Crippen LogP contribution is -2.53. The minimum absolute atomic E-state index is 0.133. The van der Waals surface area contributed by atoms with Crippen LogP contribution in [0, 0.1) is 27.7 Å². The highest BCUT2D eigenvalue weighted by Gasteiger charge is 2.36. The Hall–Kier alpha value is -5.26. The molecule has 2 amide bonds. The molecule has 0 saturated carbocycles. The number of hydrogen-bond donors (Lipinski definition) is 4. The van der Waals surface area contributed by atoms with E-state index in [1.807, 2.05) is 13.0 Å². The van der Waals surface area contributed by atoms with Crippen LogP contribution in [-0.4, -0.2) is 88.7 Å². The molecule has 0 fully saturated rings. The monoisotopic (exact) mass is 760 g/mol. The van der Waals surface area contributed by atoms with Crippen molar-refractivity contribution in [1.82, 2.24) is 29.7 Å². The van der Waals surface area contributed by atoms with Crippen molar-refractivity contribution < 1.29 is 22.9 Å². The van der Waals surface area contributed by atoms with Gasteiger partial charge in [0.25, 0.3) is 0 Å². The standard InChI is InChI=1S/C37H48N8O8Si/c1-25-9-10-26(2)31(21-25)43-35(48)44(32-22-29(41-24-46)13-11-27(32)3)37(50)45(36(43)49)33-23-30(14-12-28(33)4)42-34(47)40-19-18-39-17-16-38-15-8-20-54(51-5,52-6)53-7/h9-14,21-23,38-39H,8,15-20H2,1-7H3,(H2,40,42,47). The zero-order chi connectivity index (χ0) is 39.4. The summed E-state index contributed by atoms with van der Waals surface area (Å²) in [5, 5.41) is 12.2. The van der Waals surface area contributed by atoms with E-state index in [0.717, 1.165) is 38.8 Å². The first kappa shape index (κ1) is 41.5. The Kier molecular flexibility index (Phi) is 14.7. The number of amides is 2. The average molecular weight is 761 g/mol. The third-order valence-corrected chi connectivity index (χ3v) is 11.7. The van der Waals surface area contributed by atoms with E-state index >= 15 is 0 Å². The van der Waals surface area contributed by atoms with Gasteiger partial charge < -0.3 is 34.5 Å². The summed E-state index contributed by atoms with van der Waals surface area (Å²) >= 11 is 0. The topological polar surface area (TPSA) is 188 Å². The lowest BCUT2D eigenvalue weighted by atomic mass is 10.1. The maximum Gasteiger partial charge on any atom is 0.500 e. The highest BCUT2D eigenvalue weighted by Crippen LogP contribution is 2.22. The van der Waals surface area contributed by atoms with Gasteiger partial charge in [0.05, 0.1) is 22.7 Å². The molecule has 17 heteroatoms. The van der Waals surface area contributed by atoms with Gasteiger partial charge in [0, 0.05) is 59.2 Å². The first-order valence-electron chi connectivity index (χ1n) is 17.4. The van der Waals surface area contributed by atoms with E-state index in [-0.39, 0.29) is 17.1 Å². The number of urea groups is 1. The second kappa shape index (κ2) is 19.2. The van der Waals surface area contributed by atoms with Crippen molar-refractivity contribution in [3.05, 3.63) is 108 Å². The van der Waals surface area contributed by atoms with Crippen molar-refractivity contribution in [2.45, 2.75) is 40.2 Å². The number of nitrogens with one attached hydrogen (secondary N) is 4. The predicted molar refractivity (Wildman–Crippen MR) is 209 cm³/mol. The number of carbonyl (C=O) groups excluding carboxylic acids is 2. The van der Waals surface area contributed by atoms with E-state index in [9.17, 15) is 24.0 Å². The second-order valence-corrected chi connectivity index (χ2v) is 15.7. The molecule has 16 nitrogen and oxygen atoms in total. The molecule has 0 bridgehead atoms. The van der Waals surface area contributed by atoms with Crippen LogP contribution in [0.4, 0.5) is 16.2 Å². The van der Waals surface area contributed by atoms with Gasteiger partial charge >= 0.3 is 31.9 Å². The van der Waals surface area contributed by atoms with Crippen LogP contribution in [0.2, 0.25) is 6.04 Å². The quantitative estimate of drug-likeness (QED) is 0.0509. The molecule has 0 aliphatic heterocycles. The maximum atomic E-state index is 14.3. The smallest absolute Gasteiger partial charge is 0.377 e. The van der Waals surface area contributed by atoms with Gasteiger partial charge in [0.1, 0.15) is 0 Å². The Balaban J connectivity index is 1.54. The molecule has 3 aromatic carbocycles. The third kappa shape index (κ3) is 9.83. The molecule has 0 unspecified atom stereocenters. The maximum absolute atomic E-state index is 14.3. The normalized spacial score (nSPS) is 11.3. The van der Waals surface area contributed by atoms with E-state index in [1.165, 1.54) is 18.2 Å². The molecule has 4 aromatic rings. The Bertz CT molecular complexity index is 2180. The number of aromatic nitrogens is 3. The summed E-state index contributed by atoms with van der Waals surface area (Å²) in [6.45, 7) is 10.0. The van der Waals surface area contributed by atoms with Gasteiger partial charge in [-0.15, -0.1) is 0 Å². The van der Waals surface area contributed by atoms with E-state index < -0.39 is 31.9 Å². The molecule has 0 spiro atoms. The summed E-state index contributed by atoms with van der Waals surface area (Å²) in [5.74, 6) is 0. The molecule has 0 radical (unpaired) electrons. The molecular weight excluding hydrogens is 713 g/mol. The third-order valence-electron chi connectivity index (χ3n) is 8.90. The van der Waals surface area contributed by atoms with E-state index in [1.54, 1.807) is 78.5 Å². The highest BCUT2D eigenvalue weighted by molar-refractivity contribution is 6.60. The van der Waals surface area contributed by atoms with Crippen LogP contribution >= 0.6 is 0 Å². The van der Waals surface area contributed by atoms with E-state index in [2.05, 4.69) is 26.3 Å². The first-order valence-corrected chi connectivity index (χ1v) is 19.3. The zero-order valence-corrected chi connectivity index (χ0v) is 32.7. The minimum Gasteiger partial charge on any atom is -0.377 e. The average Bonchev–Trinajstić information content (AvgIpc) is 3.15. The van der Waals surface area contributed by atoms with Crippen LogP contribution in [0.5, 0.6) is 0 Å². The summed E-state index contributed by atoms with van der Waals surface area (Å²) < 4.78 is 19.0. The Morgan fingerprint density at radius 3 is 1.76 bits per heavy atom. The van der Waals surface area contributed by atoms with Crippen LogP contribution in [-0.2, 0) is 18.1 Å². The minimum atomic E-state index is -2.57. The molecule has 1 aromatic heterocycles. The Labute approximate surface area is 314 Å². The molecule has 1 heterocycles. The fourth-order valence-electron chi connectivity index (χ4n) is 5.87. The van der Waals surface area contributed by atoms with E-state index in [0.29, 0.717) is 53.7 Å². The molecule has 0 aliphatic carbocycles. The van der Waals surface area contributed by atoms with E-state index in [4.69, 9.17) is 13.3 Å². The second-order valence-electron chi connectivity index (χ2n) is 12.6. The predicted octanol–water partition coefficient (Wildman–Crippen LogP) is 2.91. The number of rotatable bonds is 18. The lowest BCUT2D eigenvalue weighted by Gasteiger charge is -2.24. The number of hydrogen-bond acceptors (Lipinski definition) is 11. The molecule has 4 rings (SSSR count). The van der Waals surface area contributed by atoms with Gasteiger partial charge in [-0.25, -0.2) is 37.7 Å². The number of carbonyl (C=O) groups is 1. The molecule has 0 atom stereocenters. The van der Waals surface area contributed by atoms with Gasteiger partial charge in [-0.05, 0) is 93.2 Å². The molecule has 54 heavy (non-hydrogen) atoms. The van der Waals surface area contributed by atoms with Crippen LogP contribution in [0.15, 0.2) is 74.0 Å². The van der Waals surface area contributed by atoms with Crippen LogP contribution in [0.1, 0.15) is 28.7 Å². The molecule has 0 saturated heterocycles. The van der Waals surface area contributed by atoms with Crippen LogP contribution < -0.4 is 38.3 Å². The van der Waals surface area contributed by atoms with Gasteiger partial charge in [0.2, 0.25) is 6.08 Å². The fourth-order valence-corrected chi connectivity index (χ4v) is 7.59. The van der Waals surface area contributed by atoms with Crippen LogP contribution in [0.3, 0.4) is 0 Å². The van der Waals surface area contributed by atoms with Crippen molar-refractivity contribution in [2.75, 3.05) is 59.4 Å². The lowest BCUT2D eigenvalue weighted by molar-refractivity contribution is 0.123. The largest absolute Gasteiger partial charge is 0.500 e. The summed E-state index contributed by atoms with van der Waals surface area (Å²) in [7, 11) is 2.22. The highest BCUT2D eigenvalue weighted by atomic mass is 28.4. The molecular formula is C37H48N8O8Si. The molecule has 288 valence electrons. The summed E-state index contributed by atoms with van der Waals surface area (Å²) in [5.41, 5.74) is 0.810. The molecule has 4 N–H and O–H groups in total. The van der Waals surface area contributed by atoms with Crippen molar-refractivity contribution >= 4 is 32.3 Å². The van der Waals surface area contributed by atoms with Gasteiger partial charge in [0.15, 0.2) is 0 Å². The number of aliphatic imine (C=N–C) groups is 1. The summed E-state index contributed by atoms with van der Waals surface area (Å²) in [4.78, 5) is 70.3. The fraction of sp³-hybridized carbons (Fsp3) is 0.378. The summed E-state index contributed by atoms with van der Waals surface area (Å²) in [6.07, 6.45) is 2.31. The van der Waals surface area contributed by atoms with Crippen molar-refractivity contribution in [3.8, 4) is 17.1 Å². The Morgan fingerprint density at radius 2 is 1.19 bits per heavy atom. The van der Waals surface area contributed by atoms with Crippen molar-refractivity contribution in [1.29, 1.82) is 0 Å². The van der Waals surface area contributed by atoms with Crippen molar-refractivity contribution in [3.63, 3.8) is 0 Å². The van der Waals surface area contributed by atoms with Crippen LogP contribution in [0.25, 0.3) is 17.1 Å². The number of benzene rings is 3. The van der Waals surface area contributed by atoms with Crippen molar-refractivity contribution in [2.24, 2.45) is 4.99 Å². The molecule has 0 aliphatic rings. The van der Waals surface area contributed by atoms with Gasteiger partial charge in [-0.2, -0.15) is 4.99 Å². The van der Waals surface area contributed by atoms with Gasteiger partial charge in [-0.3, -0.25) is 0 Å². The number of anilines is 1. The van der Waals surface area contributed by atoms with Gasteiger partial charge in [-0.1, -0.05) is 24.3 Å².